The first-order chi connectivity index (χ1) is 18.5. The van der Waals surface area contributed by atoms with Crippen molar-refractivity contribution in [3.63, 3.8) is 0 Å². The van der Waals surface area contributed by atoms with Crippen LogP contribution in [0.3, 0.4) is 0 Å². The molecule has 0 aromatic heterocycles. The van der Waals surface area contributed by atoms with E-state index in [4.69, 9.17) is 5.84 Å². The van der Waals surface area contributed by atoms with Crippen LogP contribution in [0.1, 0.15) is 36.5 Å². The summed E-state index contributed by atoms with van der Waals surface area (Å²) in [6.45, 7) is 5.13. The smallest absolute Gasteiger partial charge is 0.301 e. The number of hydrazone groups is 4. The van der Waals surface area contributed by atoms with Crippen LogP contribution in [-0.2, 0) is 17.6 Å². The Hall–Kier alpha value is -4.99. The molecule has 38 heavy (non-hydrogen) atoms. The maximum absolute atomic E-state index is 13.2. The summed E-state index contributed by atoms with van der Waals surface area (Å²) in [5, 5.41) is 28.5. The van der Waals surface area contributed by atoms with E-state index in [0.29, 0.717) is 28.4 Å². The van der Waals surface area contributed by atoms with E-state index in [1.165, 1.54) is 22.6 Å². The maximum atomic E-state index is 13.2. The summed E-state index contributed by atoms with van der Waals surface area (Å²) in [5.74, 6) is 5.43. The quantitative estimate of drug-likeness (QED) is 0.131. The van der Waals surface area contributed by atoms with E-state index in [2.05, 4.69) is 44.0 Å². The lowest BCUT2D eigenvalue weighted by Crippen LogP contribution is -2.28. The molecule has 1 aliphatic carbocycles. The number of amides is 1. The summed E-state index contributed by atoms with van der Waals surface area (Å²) in [6.07, 6.45) is 4.43. The summed E-state index contributed by atoms with van der Waals surface area (Å²) in [6, 6.07) is 18.6. The van der Waals surface area contributed by atoms with E-state index in [9.17, 15) is 9.90 Å². The number of benzene rings is 3. The summed E-state index contributed by atoms with van der Waals surface area (Å²) in [4.78, 5) is 13.2. The average Bonchev–Trinajstić information content (AvgIpc) is 3.23. The van der Waals surface area contributed by atoms with Crippen LogP contribution >= 0.6 is 0 Å². The fourth-order valence-corrected chi connectivity index (χ4v) is 4.71. The van der Waals surface area contributed by atoms with E-state index in [-0.39, 0.29) is 17.4 Å². The summed E-state index contributed by atoms with van der Waals surface area (Å²) >= 11 is 0. The first-order valence-corrected chi connectivity index (χ1v) is 12.3. The van der Waals surface area contributed by atoms with Crippen molar-refractivity contribution in [2.24, 2.45) is 26.2 Å². The zero-order valence-electron chi connectivity index (χ0n) is 21.0. The third kappa shape index (κ3) is 4.71. The maximum Gasteiger partial charge on any atom is 0.301 e. The van der Waals surface area contributed by atoms with E-state index < -0.39 is 0 Å². The Balaban J connectivity index is 1.38. The Labute approximate surface area is 220 Å². The molecule has 0 radical (unpaired) electrons. The monoisotopic (exact) mass is 508 g/mol. The molecular formula is C28H28N8O2. The van der Waals surface area contributed by atoms with Gasteiger partial charge in [-0.25, -0.2) is 0 Å². The highest BCUT2D eigenvalue weighted by Gasteiger charge is 2.31. The second kappa shape index (κ2) is 10.6. The van der Waals surface area contributed by atoms with Crippen LogP contribution in [0.4, 0.5) is 11.4 Å². The fourth-order valence-electron chi connectivity index (χ4n) is 4.71. The minimum Gasteiger partial charge on any atom is -0.505 e. The lowest BCUT2D eigenvalue weighted by Gasteiger charge is -2.19. The second-order valence-electron chi connectivity index (χ2n) is 9.06. The largest absolute Gasteiger partial charge is 0.505 e. The molecule has 192 valence electrons. The normalized spacial score (nSPS) is 16.3. The Morgan fingerprint density at radius 3 is 2.66 bits per heavy atom. The number of carbonyl (C=O) groups is 1. The van der Waals surface area contributed by atoms with Crippen molar-refractivity contribution < 1.29 is 9.90 Å². The molecule has 10 nitrogen and oxygen atoms in total. The molecule has 0 saturated carbocycles. The van der Waals surface area contributed by atoms with Gasteiger partial charge in [0, 0.05) is 17.8 Å². The topological polar surface area (TPSA) is 140 Å². The van der Waals surface area contributed by atoms with Crippen LogP contribution < -0.4 is 21.7 Å². The molecule has 3 aromatic rings. The van der Waals surface area contributed by atoms with Gasteiger partial charge < -0.3 is 10.9 Å². The molecule has 0 fully saturated rings. The number of hydrogen-bond acceptors (Lipinski definition) is 8. The number of nitrogens with zero attached hydrogens (tertiary/aromatic N) is 5. The molecule has 1 heterocycles. The third-order valence-electron chi connectivity index (χ3n) is 6.65. The van der Waals surface area contributed by atoms with Gasteiger partial charge in [0.25, 0.3) is 0 Å². The van der Waals surface area contributed by atoms with Crippen LogP contribution in [0, 0.1) is 0 Å². The summed E-state index contributed by atoms with van der Waals surface area (Å²) in [7, 11) is 0. The average molecular weight is 509 g/mol. The fraction of sp³-hybridized carbons (Fsp3) is 0.179. The van der Waals surface area contributed by atoms with Gasteiger partial charge in [0.2, 0.25) is 0 Å². The molecule has 1 aliphatic heterocycles. The van der Waals surface area contributed by atoms with E-state index in [0.717, 1.165) is 30.5 Å². The number of para-hydroxylation sites is 1. The number of rotatable bonds is 6. The van der Waals surface area contributed by atoms with Gasteiger partial charge in [0.1, 0.15) is 5.75 Å². The Morgan fingerprint density at radius 2 is 1.87 bits per heavy atom. The summed E-state index contributed by atoms with van der Waals surface area (Å²) in [5.41, 5.74) is 11.8. The van der Waals surface area contributed by atoms with Crippen LogP contribution in [0.2, 0.25) is 0 Å². The number of phenols is 1. The number of anilines is 2. The second-order valence-corrected chi connectivity index (χ2v) is 9.06. The number of phenolic OH excluding ortho intramolecular Hbond substituents is 1. The minimum absolute atomic E-state index is 0.0263. The molecule has 2 aliphatic rings. The Bertz CT molecular complexity index is 1510. The van der Waals surface area contributed by atoms with Crippen molar-refractivity contribution in [3.05, 3.63) is 77.4 Å². The Kier molecular flexibility index (Phi) is 6.86. The van der Waals surface area contributed by atoms with Gasteiger partial charge in [0.15, 0.2) is 11.5 Å². The third-order valence-corrected chi connectivity index (χ3v) is 6.65. The van der Waals surface area contributed by atoms with Crippen molar-refractivity contribution in [3.8, 4) is 16.9 Å². The van der Waals surface area contributed by atoms with Gasteiger partial charge in [0.05, 0.1) is 17.1 Å². The van der Waals surface area contributed by atoms with Crippen molar-refractivity contribution in [2.45, 2.75) is 32.6 Å². The van der Waals surface area contributed by atoms with Gasteiger partial charge in [-0.15, -0.1) is 0 Å². The van der Waals surface area contributed by atoms with Crippen LogP contribution in [0.15, 0.2) is 81.1 Å². The number of aryl methyl sites for hydroxylation is 2. The molecular weight excluding hydrogens is 480 g/mol. The lowest BCUT2D eigenvalue weighted by atomic mass is 9.91. The molecule has 1 amide bonds. The van der Waals surface area contributed by atoms with Gasteiger partial charge >= 0.3 is 5.91 Å². The molecule has 5 rings (SSSR count). The zero-order valence-corrected chi connectivity index (χ0v) is 21.0. The molecule has 0 unspecified atom stereocenters. The lowest BCUT2D eigenvalue weighted by molar-refractivity contribution is -0.112. The highest BCUT2D eigenvalue weighted by atomic mass is 16.3. The van der Waals surface area contributed by atoms with E-state index in [1.54, 1.807) is 31.2 Å². The molecule has 0 spiro atoms. The van der Waals surface area contributed by atoms with Crippen LogP contribution in [0.25, 0.3) is 11.1 Å². The first-order valence-electron chi connectivity index (χ1n) is 12.3. The van der Waals surface area contributed by atoms with Crippen molar-refractivity contribution >= 4 is 41.3 Å². The number of amidine groups is 1. The highest BCUT2D eigenvalue weighted by molar-refractivity contribution is 6.71. The minimum atomic E-state index is -0.328. The van der Waals surface area contributed by atoms with Gasteiger partial charge in [-0.2, -0.15) is 25.4 Å². The van der Waals surface area contributed by atoms with Crippen molar-refractivity contribution in [1.82, 2.24) is 5.43 Å². The highest BCUT2D eigenvalue weighted by Crippen LogP contribution is 2.36. The molecule has 5 N–H and O–H groups in total. The van der Waals surface area contributed by atoms with E-state index in [1.807, 2.05) is 30.3 Å². The van der Waals surface area contributed by atoms with Crippen molar-refractivity contribution in [2.75, 3.05) is 10.4 Å². The predicted molar refractivity (Wildman–Crippen MR) is 152 cm³/mol. The molecule has 0 bridgehead atoms. The molecule has 0 atom stereocenters. The van der Waals surface area contributed by atoms with Gasteiger partial charge in [-0.3, -0.25) is 15.6 Å². The molecule has 3 aromatic carbocycles. The van der Waals surface area contributed by atoms with Crippen LogP contribution in [0.5, 0.6) is 5.75 Å². The van der Waals surface area contributed by atoms with Crippen molar-refractivity contribution in [1.29, 1.82) is 0 Å². The van der Waals surface area contributed by atoms with Crippen LogP contribution in [-0.4, -0.2) is 35.0 Å². The standard InChI is InChI=1S/C28H28N8O2/c1-17-25(28(38)36(35-17)22-14-13-18-7-3-4-8-19(18)16-22)33-32-24-12-6-11-23(26(24)37)20-9-5-10-21(15-20)27(31-29)34-30-2/h5-6,9-16,32,37H,2-4,7-8,29H2,1H3,(H,31,34)/b33-25-. The predicted octanol–water partition coefficient (Wildman–Crippen LogP) is 3.95. The number of hydrogen-bond donors (Lipinski definition) is 4. The Morgan fingerprint density at radius 1 is 1.08 bits per heavy atom. The van der Waals surface area contributed by atoms with E-state index >= 15 is 0 Å². The molecule has 0 saturated heterocycles. The zero-order chi connectivity index (χ0) is 26.6. The molecule has 10 heteroatoms. The number of nitrogens with one attached hydrogen (secondary N) is 2. The number of carbonyl (C=O) groups excluding carboxylic acids is 1. The number of nitrogens with two attached hydrogens (primary N) is 1. The summed E-state index contributed by atoms with van der Waals surface area (Å²) < 4.78 is 0. The van der Waals surface area contributed by atoms with Gasteiger partial charge in [-0.05, 0) is 73.6 Å². The van der Waals surface area contributed by atoms with Gasteiger partial charge in [-0.1, -0.05) is 36.4 Å². The first kappa shape index (κ1) is 24.7. The number of aromatic hydroxyl groups is 1. The SMILES string of the molecule is C=NN/C(=N\N)c1cccc(-c2cccc(N/N=C3\C(=O)N(c4ccc5c(c4)CCCC5)N=C3C)c2O)c1. The number of fused-ring (bicyclic) bond motifs is 1.